The zero-order valence-electron chi connectivity index (χ0n) is 17.0. The van der Waals surface area contributed by atoms with E-state index in [9.17, 15) is 10.1 Å². The van der Waals surface area contributed by atoms with Gasteiger partial charge in [0.05, 0.1) is 12.7 Å². The van der Waals surface area contributed by atoms with E-state index in [4.69, 9.17) is 11.6 Å². The van der Waals surface area contributed by atoms with Gasteiger partial charge in [-0.15, -0.1) is 0 Å². The molecule has 1 heterocycles. The molecule has 3 rings (SSSR count). The summed E-state index contributed by atoms with van der Waals surface area (Å²) in [6.07, 6.45) is 4.68. The standard InChI is InChI=1S/C22H26ClN5O/c1-14-4-9-18(10-22(14,2)3)27-20-16(11-24)12-25-21(28-20)26-13-19(29)15-5-7-17(23)8-6-15/h5-8,12,14,18H,4,9-10,13H2,1-3H3,(H2,25,26,27,28)/t14-,18+/m0/s1. The molecule has 1 aliphatic rings. The first-order valence-electron chi connectivity index (χ1n) is 9.85. The van der Waals surface area contributed by atoms with E-state index in [-0.39, 0.29) is 23.8 Å². The lowest BCUT2D eigenvalue weighted by Gasteiger charge is -2.41. The number of nitriles is 1. The summed E-state index contributed by atoms with van der Waals surface area (Å²) in [4.78, 5) is 20.9. The Hall–Kier alpha value is -2.65. The van der Waals surface area contributed by atoms with Crippen molar-refractivity contribution in [2.75, 3.05) is 17.2 Å². The van der Waals surface area contributed by atoms with E-state index in [1.807, 2.05) is 0 Å². The molecule has 0 unspecified atom stereocenters. The number of benzene rings is 1. The highest BCUT2D eigenvalue weighted by Crippen LogP contribution is 2.41. The normalized spacial score (nSPS) is 20.5. The van der Waals surface area contributed by atoms with Crippen molar-refractivity contribution in [1.29, 1.82) is 5.26 Å². The fourth-order valence-electron chi connectivity index (χ4n) is 3.65. The number of nitrogens with one attached hydrogen (secondary N) is 2. The predicted octanol–water partition coefficient (Wildman–Crippen LogP) is 4.92. The minimum Gasteiger partial charge on any atom is -0.366 e. The molecule has 0 saturated heterocycles. The van der Waals surface area contributed by atoms with Crippen LogP contribution in [0.25, 0.3) is 0 Å². The lowest BCUT2D eigenvalue weighted by Crippen LogP contribution is -2.37. The van der Waals surface area contributed by atoms with Gasteiger partial charge in [0.1, 0.15) is 17.5 Å². The molecule has 0 aliphatic heterocycles. The molecule has 152 valence electrons. The minimum absolute atomic E-state index is 0.0565. The van der Waals surface area contributed by atoms with E-state index < -0.39 is 0 Å². The van der Waals surface area contributed by atoms with Crippen LogP contribution in [-0.2, 0) is 0 Å². The Morgan fingerprint density at radius 1 is 1.31 bits per heavy atom. The van der Waals surface area contributed by atoms with Crippen LogP contribution in [0.3, 0.4) is 0 Å². The van der Waals surface area contributed by atoms with Crippen molar-refractivity contribution >= 4 is 29.2 Å². The van der Waals surface area contributed by atoms with Gasteiger partial charge in [0.25, 0.3) is 0 Å². The smallest absolute Gasteiger partial charge is 0.225 e. The lowest BCUT2D eigenvalue weighted by atomic mass is 9.68. The highest BCUT2D eigenvalue weighted by molar-refractivity contribution is 6.30. The summed E-state index contributed by atoms with van der Waals surface area (Å²) in [5, 5.41) is 16.4. The Morgan fingerprint density at radius 2 is 2.03 bits per heavy atom. The topological polar surface area (TPSA) is 90.7 Å². The second kappa shape index (κ2) is 8.79. The van der Waals surface area contributed by atoms with E-state index in [0.717, 1.165) is 19.3 Å². The van der Waals surface area contributed by atoms with Gasteiger partial charge in [0.15, 0.2) is 5.78 Å². The number of halogens is 1. The van der Waals surface area contributed by atoms with E-state index in [1.54, 1.807) is 24.3 Å². The summed E-state index contributed by atoms with van der Waals surface area (Å²) < 4.78 is 0. The van der Waals surface area contributed by atoms with Crippen LogP contribution in [0, 0.1) is 22.7 Å². The number of hydrogen-bond acceptors (Lipinski definition) is 6. The third kappa shape index (κ3) is 5.24. The van der Waals surface area contributed by atoms with Crippen molar-refractivity contribution < 1.29 is 4.79 Å². The molecule has 1 fully saturated rings. The van der Waals surface area contributed by atoms with Crippen LogP contribution in [0.1, 0.15) is 56.0 Å². The van der Waals surface area contributed by atoms with Crippen LogP contribution in [0.15, 0.2) is 30.5 Å². The quantitative estimate of drug-likeness (QED) is 0.655. The number of nitrogens with zero attached hydrogens (tertiary/aromatic N) is 3. The van der Waals surface area contributed by atoms with Crippen LogP contribution in [0.4, 0.5) is 11.8 Å². The van der Waals surface area contributed by atoms with Crippen LogP contribution in [-0.4, -0.2) is 28.3 Å². The van der Waals surface area contributed by atoms with E-state index >= 15 is 0 Å². The number of aromatic nitrogens is 2. The Balaban J connectivity index is 1.68. The predicted molar refractivity (Wildman–Crippen MR) is 115 cm³/mol. The van der Waals surface area contributed by atoms with E-state index in [2.05, 4.69) is 47.4 Å². The Bertz CT molecular complexity index is 920. The fourth-order valence-corrected chi connectivity index (χ4v) is 3.78. The average Bonchev–Trinajstić information content (AvgIpc) is 2.69. The number of carbonyl (C=O) groups excluding carboxylic acids is 1. The van der Waals surface area contributed by atoms with Gasteiger partial charge >= 0.3 is 0 Å². The van der Waals surface area contributed by atoms with Gasteiger partial charge in [-0.3, -0.25) is 4.79 Å². The van der Waals surface area contributed by atoms with E-state index in [0.29, 0.717) is 33.8 Å². The third-order valence-corrected chi connectivity index (χ3v) is 6.13. The molecule has 1 aromatic carbocycles. The molecule has 6 nitrogen and oxygen atoms in total. The molecular weight excluding hydrogens is 386 g/mol. The first-order valence-corrected chi connectivity index (χ1v) is 10.2. The van der Waals surface area contributed by atoms with Gasteiger partial charge in [-0.2, -0.15) is 10.2 Å². The molecule has 0 radical (unpaired) electrons. The first-order chi connectivity index (χ1) is 13.8. The van der Waals surface area contributed by atoms with Crippen LogP contribution < -0.4 is 10.6 Å². The molecule has 1 aromatic heterocycles. The highest BCUT2D eigenvalue weighted by atomic mass is 35.5. The van der Waals surface area contributed by atoms with Crippen molar-refractivity contribution in [3.63, 3.8) is 0 Å². The maximum absolute atomic E-state index is 12.3. The van der Waals surface area contributed by atoms with Crippen LogP contribution >= 0.6 is 11.6 Å². The van der Waals surface area contributed by atoms with Gasteiger partial charge in [0.2, 0.25) is 5.95 Å². The third-order valence-electron chi connectivity index (χ3n) is 5.88. The van der Waals surface area contributed by atoms with Crippen molar-refractivity contribution in [1.82, 2.24) is 9.97 Å². The summed E-state index contributed by atoms with van der Waals surface area (Å²) in [5.41, 5.74) is 1.20. The second-order valence-corrected chi connectivity index (χ2v) is 8.80. The Kier molecular flexibility index (Phi) is 6.39. The lowest BCUT2D eigenvalue weighted by molar-refractivity contribution is 0.101. The molecule has 2 N–H and O–H groups in total. The number of rotatable bonds is 6. The highest BCUT2D eigenvalue weighted by Gasteiger charge is 2.34. The number of hydrogen-bond donors (Lipinski definition) is 2. The van der Waals surface area contributed by atoms with Crippen LogP contribution in [0.2, 0.25) is 5.02 Å². The van der Waals surface area contributed by atoms with Gasteiger partial charge in [-0.05, 0) is 54.9 Å². The van der Waals surface area contributed by atoms with Gasteiger partial charge in [-0.25, -0.2) is 4.98 Å². The first kappa shape index (κ1) is 21.1. The number of carbonyl (C=O) groups is 1. The number of ketones is 1. The summed E-state index contributed by atoms with van der Waals surface area (Å²) in [6, 6.07) is 9.13. The van der Waals surface area contributed by atoms with E-state index in [1.165, 1.54) is 6.20 Å². The monoisotopic (exact) mass is 411 g/mol. The molecular formula is C22H26ClN5O. The minimum atomic E-state index is -0.0906. The number of Topliss-reactive ketones (excluding diaryl/α,β-unsaturated/α-hetero) is 1. The summed E-state index contributed by atoms with van der Waals surface area (Å²) >= 11 is 5.86. The zero-order valence-corrected chi connectivity index (χ0v) is 17.8. The van der Waals surface area contributed by atoms with Crippen LogP contribution in [0.5, 0.6) is 0 Å². The van der Waals surface area contributed by atoms with Crippen molar-refractivity contribution in [3.8, 4) is 6.07 Å². The maximum Gasteiger partial charge on any atom is 0.225 e. The van der Waals surface area contributed by atoms with Crippen molar-refractivity contribution in [3.05, 3.63) is 46.6 Å². The molecule has 7 heteroatoms. The molecule has 2 atom stereocenters. The molecule has 1 saturated carbocycles. The molecule has 0 spiro atoms. The molecule has 0 amide bonds. The van der Waals surface area contributed by atoms with Crippen molar-refractivity contribution in [2.45, 2.75) is 46.1 Å². The van der Waals surface area contributed by atoms with Crippen molar-refractivity contribution in [2.24, 2.45) is 11.3 Å². The number of anilines is 2. The molecule has 2 aromatic rings. The Labute approximate surface area is 176 Å². The maximum atomic E-state index is 12.3. The Morgan fingerprint density at radius 3 is 2.69 bits per heavy atom. The molecule has 1 aliphatic carbocycles. The SMILES string of the molecule is C[C@H]1CC[C@@H](Nc2nc(NCC(=O)c3ccc(Cl)cc3)ncc2C#N)CC1(C)C. The molecule has 29 heavy (non-hydrogen) atoms. The second-order valence-electron chi connectivity index (χ2n) is 8.36. The van der Waals surface area contributed by atoms with Gasteiger partial charge in [-0.1, -0.05) is 32.4 Å². The average molecular weight is 412 g/mol. The molecule has 0 bridgehead atoms. The van der Waals surface area contributed by atoms with Gasteiger partial charge < -0.3 is 10.6 Å². The largest absolute Gasteiger partial charge is 0.366 e. The fraction of sp³-hybridized carbons (Fsp3) is 0.455. The summed E-state index contributed by atoms with van der Waals surface area (Å²) in [5.74, 6) is 1.40. The zero-order chi connectivity index (χ0) is 21.0. The van der Waals surface area contributed by atoms with Gasteiger partial charge in [0, 0.05) is 16.6 Å². The summed E-state index contributed by atoms with van der Waals surface area (Å²) in [7, 11) is 0. The summed E-state index contributed by atoms with van der Waals surface area (Å²) in [6.45, 7) is 6.92.